The second-order valence-corrected chi connectivity index (χ2v) is 6.95. The quantitative estimate of drug-likeness (QED) is 0.740. The summed E-state index contributed by atoms with van der Waals surface area (Å²) in [5.74, 6) is 0. The first-order valence-corrected chi connectivity index (χ1v) is 7.35. The Balaban J connectivity index is 2.01. The van der Waals surface area contributed by atoms with Gasteiger partial charge in [0.05, 0.1) is 0 Å². The Bertz CT molecular complexity index is 313. The van der Waals surface area contributed by atoms with Crippen molar-refractivity contribution >= 4 is 43.2 Å². The second kappa shape index (κ2) is 4.64. The molecule has 0 aliphatic carbocycles. The predicted octanol–water partition coefficient (Wildman–Crippen LogP) is 3.87. The molecule has 1 saturated heterocycles. The summed E-state index contributed by atoms with van der Waals surface area (Å²) in [4.78, 5) is 4.66. The molecule has 0 N–H and O–H groups in total. The second-order valence-electron chi connectivity index (χ2n) is 3.80. The fourth-order valence-corrected chi connectivity index (χ4v) is 4.29. The Morgan fingerprint density at radius 3 is 2.93 bits per heavy atom. The maximum atomic E-state index is 3.69. The van der Waals surface area contributed by atoms with Crippen LogP contribution in [0.1, 0.15) is 18.2 Å². The van der Waals surface area contributed by atoms with Crippen molar-refractivity contribution in [2.24, 2.45) is 0 Å². The summed E-state index contributed by atoms with van der Waals surface area (Å²) >= 11 is 9.11. The van der Waals surface area contributed by atoms with Gasteiger partial charge in [-0.15, -0.1) is 11.3 Å². The summed E-state index contributed by atoms with van der Waals surface area (Å²) in [5.41, 5.74) is 0. The van der Waals surface area contributed by atoms with E-state index in [0.29, 0.717) is 10.9 Å². The number of thiophene rings is 1. The normalized spacial score (nSPS) is 28.5. The highest BCUT2D eigenvalue weighted by atomic mass is 79.9. The molecule has 0 aromatic carbocycles. The molecule has 2 heterocycles. The molecule has 78 valence electrons. The molecule has 0 spiro atoms. The maximum Gasteiger partial charge on any atom is 0.0342 e. The van der Waals surface area contributed by atoms with Crippen molar-refractivity contribution in [2.45, 2.75) is 30.8 Å². The SMILES string of the molecule is CC1CC(Br)CN1Cc1sccc1Br. The number of alkyl halides is 1. The predicted molar refractivity (Wildman–Crippen MR) is 69.2 cm³/mol. The summed E-state index contributed by atoms with van der Waals surface area (Å²) in [6, 6.07) is 2.83. The van der Waals surface area contributed by atoms with E-state index < -0.39 is 0 Å². The molecular formula is C10H13Br2NS. The van der Waals surface area contributed by atoms with Gasteiger partial charge in [0.2, 0.25) is 0 Å². The third-order valence-corrected chi connectivity index (χ3v) is 5.27. The van der Waals surface area contributed by atoms with Crippen molar-refractivity contribution in [2.75, 3.05) is 6.54 Å². The molecule has 0 radical (unpaired) electrons. The van der Waals surface area contributed by atoms with Gasteiger partial charge in [-0.1, -0.05) is 15.9 Å². The van der Waals surface area contributed by atoms with Gasteiger partial charge in [0.25, 0.3) is 0 Å². The van der Waals surface area contributed by atoms with Crippen LogP contribution in [0, 0.1) is 0 Å². The monoisotopic (exact) mass is 337 g/mol. The number of rotatable bonds is 2. The van der Waals surface area contributed by atoms with E-state index in [1.807, 2.05) is 11.3 Å². The largest absolute Gasteiger partial charge is 0.294 e. The fraction of sp³-hybridized carbons (Fsp3) is 0.600. The molecule has 0 bridgehead atoms. The first-order chi connectivity index (χ1) is 6.66. The van der Waals surface area contributed by atoms with Crippen LogP contribution in [-0.2, 0) is 6.54 Å². The van der Waals surface area contributed by atoms with E-state index >= 15 is 0 Å². The zero-order chi connectivity index (χ0) is 10.1. The molecule has 1 aliphatic heterocycles. The highest BCUT2D eigenvalue weighted by molar-refractivity contribution is 9.10. The standard InChI is InChI=1S/C10H13Br2NS/c1-7-4-8(11)5-13(7)6-10-9(12)2-3-14-10/h2-3,7-8H,4-6H2,1H3. The van der Waals surface area contributed by atoms with Crippen molar-refractivity contribution in [3.63, 3.8) is 0 Å². The van der Waals surface area contributed by atoms with Crippen LogP contribution >= 0.6 is 43.2 Å². The van der Waals surface area contributed by atoms with Gasteiger partial charge in [0.15, 0.2) is 0 Å². The summed E-state index contributed by atoms with van der Waals surface area (Å²) < 4.78 is 1.26. The first-order valence-electron chi connectivity index (χ1n) is 4.77. The van der Waals surface area contributed by atoms with E-state index in [0.717, 1.165) is 6.54 Å². The van der Waals surface area contributed by atoms with Crippen LogP contribution in [0.4, 0.5) is 0 Å². The molecule has 14 heavy (non-hydrogen) atoms. The van der Waals surface area contributed by atoms with Crippen molar-refractivity contribution in [1.29, 1.82) is 0 Å². The molecule has 1 nitrogen and oxygen atoms in total. The third-order valence-electron chi connectivity index (χ3n) is 2.69. The topological polar surface area (TPSA) is 3.24 Å². The molecule has 2 atom stereocenters. The third kappa shape index (κ3) is 2.40. The van der Waals surface area contributed by atoms with Gasteiger partial charge in [-0.05, 0) is 40.7 Å². The number of nitrogens with zero attached hydrogens (tertiary/aromatic N) is 1. The van der Waals surface area contributed by atoms with Crippen LogP contribution in [0.5, 0.6) is 0 Å². The number of hydrogen-bond donors (Lipinski definition) is 0. The van der Waals surface area contributed by atoms with Crippen LogP contribution in [0.2, 0.25) is 0 Å². The van der Waals surface area contributed by atoms with Crippen LogP contribution in [0.25, 0.3) is 0 Å². The number of hydrogen-bond acceptors (Lipinski definition) is 2. The highest BCUT2D eigenvalue weighted by Crippen LogP contribution is 2.29. The van der Waals surface area contributed by atoms with Gasteiger partial charge >= 0.3 is 0 Å². The van der Waals surface area contributed by atoms with Crippen LogP contribution in [0.3, 0.4) is 0 Å². The van der Waals surface area contributed by atoms with Gasteiger partial charge < -0.3 is 0 Å². The van der Waals surface area contributed by atoms with Crippen molar-refractivity contribution in [3.8, 4) is 0 Å². The zero-order valence-corrected chi connectivity index (χ0v) is 12.0. The lowest BCUT2D eigenvalue weighted by Gasteiger charge is -2.19. The Morgan fingerprint density at radius 2 is 2.43 bits per heavy atom. The van der Waals surface area contributed by atoms with Crippen molar-refractivity contribution in [1.82, 2.24) is 4.90 Å². The Hall–Kier alpha value is 0.620. The minimum atomic E-state index is 0.677. The van der Waals surface area contributed by atoms with E-state index in [1.165, 1.54) is 22.3 Å². The van der Waals surface area contributed by atoms with Crippen LogP contribution in [0.15, 0.2) is 15.9 Å². The van der Waals surface area contributed by atoms with E-state index in [9.17, 15) is 0 Å². The smallest absolute Gasteiger partial charge is 0.0342 e. The van der Waals surface area contributed by atoms with Gasteiger partial charge in [-0.3, -0.25) is 4.90 Å². The maximum absolute atomic E-state index is 3.69. The summed E-state index contributed by atoms with van der Waals surface area (Å²) in [6.45, 7) is 4.57. The molecule has 2 rings (SSSR count). The molecule has 0 saturated carbocycles. The number of likely N-dealkylation sites (tertiary alicyclic amines) is 1. The van der Waals surface area contributed by atoms with Crippen LogP contribution in [-0.4, -0.2) is 22.3 Å². The first kappa shape index (κ1) is 11.1. The molecule has 1 aliphatic rings. The van der Waals surface area contributed by atoms with E-state index in [1.54, 1.807) is 0 Å². The van der Waals surface area contributed by atoms with Crippen LogP contribution < -0.4 is 0 Å². The van der Waals surface area contributed by atoms with Gasteiger partial charge in [-0.25, -0.2) is 0 Å². The highest BCUT2D eigenvalue weighted by Gasteiger charge is 2.27. The van der Waals surface area contributed by atoms with Crippen molar-refractivity contribution < 1.29 is 0 Å². The van der Waals surface area contributed by atoms with Gasteiger partial charge in [0, 0.05) is 33.3 Å². The average Bonchev–Trinajstić information content (AvgIpc) is 2.62. The van der Waals surface area contributed by atoms with E-state index in [-0.39, 0.29) is 0 Å². The lowest BCUT2D eigenvalue weighted by Crippen LogP contribution is -2.26. The molecule has 2 unspecified atom stereocenters. The minimum absolute atomic E-state index is 0.677. The molecule has 1 fully saturated rings. The molecule has 1 aromatic rings. The lowest BCUT2D eigenvalue weighted by molar-refractivity contribution is 0.263. The number of halogens is 2. The summed E-state index contributed by atoms with van der Waals surface area (Å²) in [6.07, 6.45) is 1.27. The lowest BCUT2D eigenvalue weighted by atomic mass is 10.2. The minimum Gasteiger partial charge on any atom is -0.294 e. The Labute approximate surface area is 106 Å². The average molecular weight is 339 g/mol. The van der Waals surface area contributed by atoms with Gasteiger partial charge in [-0.2, -0.15) is 0 Å². The van der Waals surface area contributed by atoms with E-state index in [2.05, 4.69) is 55.1 Å². The van der Waals surface area contributed by atoms with Crippen molar-refractivity contribution in [3.05, 3.63) is 20.8 Å². The Kier molecular flexibility index (Phi) is 3.68. The molecule has 1 aromatic heterocycles. The van der Waals surface area contributed by atoms with E-state index in [4.69, 9.17) is 0 Å². The molecular weight excluding hydrogens is 326 g/mol. The molecule has 0 amide bonds. The summed E-state index contributed by atoms with van der Waals surface area (Å²) in [7, 11) is 0. The molecule has 4 heteroatoms. The summed E-state index contributed by atoms with van der Waals surface area (Å²) in [5, 5.41) is 2.14. The zero-order valence-electron chi connectivity index (χ0n) is 8.04. The fourth-order valence-electron chi connectivity index (χ4n) is 1.87. The van der Waals surface area contributed by atoms with Gasteiger partial charge in [0.1, 0.15) is 0 Å². The Morgan fingerprint density at radius 1 is 1.64 bits per heavy atom.